The number of hydrogen-bond donors (Lipinski definition) is 1. The first-order valence-electron chi connectivity index (χ1n) is 12.6. The Kier molecular flexibility index (Phi) is 11.3. The number of carbonyl (C=O) groups excluding carboxylic acids is 3. The summed E-state index contributed by atoms with van der Waals surface area (Å²) in [6, 6.07) is -0.182. The zero-order valence-electron chi connectivity index (χ0n) is 22.2. The number of nitrogens with zero attached hydrogens (tertiary/aromatic N) is 1. The molecule has 0 aromatic rings. The molecule has 0 aromatic carbocycles. The summed E-state index contributed by atoms with van der Waals surface area (Å²) in [5.74, 6) is -1.86. The van der Waals surface area contributed by atoms with Crippen molar-refractivity contribution in [1.29, 1.82) is 0 Å². The van der Waals surface area contributed by atoms with Crippen LogP contribution in [0.1, 0.15) is 100 Å². The molecule has 0 bridgehead atoms. The van der Waals surface area contributed by atoms with E-state index < -0.39 is 29.1 Å². The smallest absolute Gasteiger partial charge is 0.320 e. The van der Waals surface area contributed by atoms with Crippen LogP contribution < -0.4 is 5.73 Å². The lowest BCUT2D eigenvalue weighted by molar-refractivity contribution is -0.175. The zero-order valence-corrected chi connectivity index (χ0v) is 22.2. The average Bonchev–Trinajstić information content (AvgIpc) is 2.91. The van der Waals surface area contributed by atoms with Crippen LogP contribution >= 0.6 is 0 Å². The summed E-state index contributed by atoms with van der Waals surface area (Å²) in [5.41, 5.74) is 4.14. The summed E-state index contributed by atoms with van der Waals surface area (Å²) >= 11 is 0. The number of esters is 2. The van der Waals surface area contributed by atoms with Crippen LogP contribution in [0.4, 0.5) is 0 Å². The standard InChI is InChI=1S/C26H48N2O5/c1-18(2)17-28-20(15-19(22(28)29)13-11-9-10-12-14-27)16-21(23(30)32-25(3,4)5)24(31)33-26(6,7)8/h18-21H,9-17,27H2,1-8H3/t19-,20+/m1/s1. The molecule has 1 saturated heterocycles. The van der Waals surface area contributed by atoms with Crippen molar-refractivity contribution < 1.29 is 23.9 Å². The first kappa shape index (κ1) is 29.4. The second kappa shape index (κ2) is 12.7. The van der Waals surface area contributed by atoms with Gasteiger partial charge in [-0.3, -0.25) is 14.4 Å². The van der Waals surface area contributed by atoms with E-state index in [-0.39, 0.29) is 24.3 Å². The van der Waals surface area contributed by atoms with Crippen molar-refractivity contribution in [2.45, 2.75) is 118 Å². The number of hydrogen-bond acceptors (Lipinski definition) is 6. The Labute approximate surface area is 201 Å². The molecule has 0 aliphatic carbocycles. The lowest BCUT2D eigenvalue weighted by Gasteiger charge is -2.31. The van der Waals surface area contributed by atoms with Gasteiger partial charge in [-0.15, -0.1) is 0 Å². The fourth-order valence-electron chi connectivity index (χ4n) is 4.26. The van der Waals surface area contributed by atoms with E-state index in [1.165, 1.54) is 0 Å². The van der Waals surface area contributed by atoms with E-state index >= 15 is 0 Å². The topological polar surface area (TPSA) is 98.9 Å². The Hall–Kier alpha value is -1.63. The average molecular weight is 469 g/mol. The predicted octanol–water partition coefficient (Wildman–Crippen LogP) is 4.46. The molecule has 2 N–H and O–H groups in total. The molecule has 1 heterocycles. The Morgan fingerprint density at radius 2 is 1.48 bits per heavy atom. The number of ether oxygens (including phenoxy) is 2. The van der Waals surface area contributed by atoms with Gasteiger partial charge in [-0.25, -0.2) is 0 Å². The van der Waals surface area contributed by atoms with Crippen molar-refractivity contribution >= 4 is 17.8 Å². The van der Waals surface area contributed by atoms with E-state index in [4.69, 9.17) is 15.2 Å². The van der Waals surface area contributed by atoms with Gasteiger partial charge in [0.15, 0.2) is 5.92 Å². The molecule has 1 amide bonds. The molecule has 1 aliphatic heterocycles. The van der Waals surface area contributed by atoms with Gasteiger partial charge in [0.05, 0.1) is 0 Å². The van der Waals surface area contributed by atoms with Crippen LogP contribution in [0.2, 0.25) is 0 Å². The molecule has 2 atom stereocenters. The van der Waals surface area contributed by atoms with Gasteiger partial charge in [-0.05, 0) is 79.7 Å². The molecular weight excluding hydrogens is 420 g/mol. The maximum absolute atomic E-state index is 13.2. The third-order valence-corrected chi connectivity index (χ3v) is 5.59. The number of unbranched alkanes of at least 4 members (excludes halogenated alkanes) is 3. The lowest BCUT2D eigenvalue weighted by atomic mass is 9.92. The van der Waals surface area contributed by atoms with Crippen LogP contribution in [-0.2, 0) is 23.9 Å². The molecule has 1 rings (SSSR count). The van der Waals surface area contributed by atoms with E-state index in [2.05, 4.69) is 13.8 Å². The Morgan fingerprint density at radius 1 is 0.970 bits per heavy atom. The van der Waals surface area contributed by atoms with Crippen LogP contribution in [0.25, 0.3) is 0 Å². The van der Waals surface area contributed by atoms with Crippen LogP contribution in [0.3, 0.4) is 0 Å². The number of carbonyl (C=O) groups is 3. The third kappa shape index (κ3) is 10.9. The number of nitrogens with two attached hydrogens (primary N) is 1. The monoisotopic (exact) mass is 468 g/mol. The minimum atomic E-state index is -1.06. The number of likely N-dealkylation sites (tertiary alicyclic amines) is 1. The highest BCUT2D eigenvalue weighted by molar-refractivity contribution is 5.95. The molecule has 0 unspecified atom stereocenters. The highest BCUT2D eigenvalue weighted by Gasteiger charge is 2.44. The van der Waals surface area contributed by atoms with Gasteiger partial charge in [-0.2, -0.15) is 0 Å². The van der Waals surface area contributed by atoms with Crippen LogP contribution in [-0.4, -0.2) is 53.1 Å². The van der Waals surface area contributed by atoms with Crippen molar-refractivity contribution in [3.8, 4) is 0 Å². The van der Waals surface area contributed by atoms with Crippen LogP contribution in [0, 0.1) is 17.8 Å². The normalized spacial score (nSPS) is 19.5. The van der Waals surface area contributed by atoms with Crippen molar-refractivity contribution in [1.82, 2.24) is 4.90 Å². The summed E-state index contributed by atoms with van der Waals surface area (Å²) in [6.45, 7) is 16.1. The summed E-state index contributed by atoms with van der Waals surface area (Å²) in [7, 11) is 0. The van der Waals surface area contributed by atoms with Crippen LogP contribution in [0.15, 0.2) is 0 Å². The summed E-state index contributed by atoms with van der Waals surface area (Å²) in [6.07, 6.45) is 5.85. The number of rotatable bonds is 12. The maximum atomic E-state index is 13.2. The lowest BCUT2D eigenvalue weighted by Crippen LogP contribution is -2.42. The van der Waals surface area contributed by atoms with E-state index in [1.54, 1.807) is 41.5 Å². The van der Waals surface area contributed by atoms with Gasteiger partial charge in [-0.1, -0.05) is 33.1 Å². The first-order chi connectivity index (χ1) is 15.1. The highest BCUT2D eigenvalue weighted by Crippen LogP contribution is 2.34. The van der Waals surface area contributed by atoms with Gasteiger partial charge in [0.2, 0.25) is 5.91 Å². The molecule has 192 valence electrons. The minimum Gasteiger partial charge on any atom is -0.459 e. The summed E-state index contributed by atoms with van der Waals surface area (Å²) in [5, 5.41) is 0. The predicted molar refractivity (Wildman–Crippen MR) is 130 cm³/mol. The van der Waals surface area contributed by atoms with Gasteiger partial charge in [0.1, 0.15) is 11.2 Å². The Bertz CT molecular complexity index is 620. The van der Waals surface area contributed by atoms with E-state index in [1.807, 2.05) is 4.90 Å². The van der Waals surface area contributed by atoms with Crippen molar-refractivity contribution in [2.75, 3.05) is 13.1 Å². The zero-order chi connectivity index (χ0) is 25.4. The third-order valence-electron chi connectivity index (χ3n) is 5.59. The largest absolute Gasteiger partial charge is 0.459 e. The quantitative estimate of drug-likeness (QED) is 0.258. The second-order valence-electron chi connectivity index (χ2n) is 11.8. The molecule has 1 aliphatic rings. The fraction of sp³-hybridized carbons (Fsp3) is 0.885. The second-order valence-corrected chi connectivity index (χ2v) is 11.8. The summed E-state index contributed by atoms with van der Waals surface area (Å²) < 4.78 is 11.1. The fourth-order valence-corrected chi connectivity index (χ4v) is 4.26. The van der Waals surface area contributed by atoms with E-state index in [9.17, 15) is 14.4 Å². The number of amides is 1. The molecule has 0 radical (unpaired) electrons. The SMILES string of the molecule is CC(C)CN1C(=O)[C@H](CCCCCCN)C[C@H]1CC(C(=O)OC(C)(C)C)C(=O)OC(C)(C)C. The Morgan fingerprint density at radius 3 is 1.94 bits per heavy atom. The van der Waals surface area contributed by atoms with Gasteiger partial charge >= 0.3 is 11.9 Å². The highest BCUT2D eigenvalue weighted by atomic mass is 16.6. The molecule has 7 nitrogen and oxygen atoms in total. The van der Waals surface area contributed by atoms with Crippen molar-refractivity contribution in [3.05, 3.63) is 0 Å². The molecule has 7 heteroatoms. The maximum Gasteiger partial charge on any atom is 0.320 e. The minimum absolute atomic E-state index is 0.0652. The van der Waals surface area contributed by atoms with E-state index in [0.29, 0.717) is 25.4 Å². The molecule has 1 fully saturated rings. The van der Waals surface area contributed by atoms with Gasteiger partial charge in [0, 0.05) is 18.5 Å². The van der Waals surface area contributed by atoms with Crippen molar-refractivity contribution in [3.63, 3.8) is 0 Å². The molecular formula is C26H48N2O5. The van der Waals surface area contributed by atoms with Gasteiger partial charge in [0.25, 0.3) is 0 Å². The first-order valence-corrected chi connectivity index (χ1v) is 12.6. The van der Waals surface area contributed by atoms with Crippen LogP contribution in [0.5, 0.6) is 0 Å². The summed E-state index contributed by atoms with van der Waals surface area (Å²) in [4.78, 5) is 41.1. The molecule has 0 spiro atoms. The Balaban J connectivity index is 3.02. The van der Waals surface area contributed by atoms with Gasteiger partial charge < -0.3 is 20.1 Å². The van der Waals surface area contributed by atoms with Crippen molar-refractivity contribution in [2.24, 2.45) is 23.5 Å². The molecule has 0 aromatic heterocycles. The van der Waals surface area contributed by atoms with E-state index in [0.717, 1.165) is 32.1 Å². The molecule has 0 saturated carbocycles. The molecule has 33 heavy (non-hydrogen) atoms.